The summed E-state index contributed by atoms with van der Waals surface area (Å²) in [6.45, 7) is 2.11. The van der Waals surface area contributed by atoms with Crippen LogP contribution in [0.1, 0.15) is 18.4 Å². The van der Waals surface area contributed by atoms with Crippen LogP contribution in [0.3, 0.4) is 0 Å². The fourth-order valence-electron chi connectivity index (χ4n) is 2.55. The Labute approximate surface area is 112 Å². The molecule has 1 aliphatic rings. The van der Waals surface area contributed by atoms with E-state index >= 15 is 0 Å². The molecule has 1 heterocycles. The number of likely N-dealkylation sites (tertiary alicyclic amines) is 1. The van der Waals surface area contributed by atoms with Gasteiger partial charge in [-0.3, -0.25) is 9.69 Å². The predicted molar refractivity (Wildman–Crippen MR) is 72.9 cm³/mol. The van der Waals surface area contributed by atoms with Crippen molar-refractivity contribution in [1.29, 1.82) is 0 Å². The van der Waals surface area contributed by atoms with E-state index in [0.717, 1.165) is 19.4 Å². The second kappa shape index (κ2) is 6.02. The number of carbonyl (C=O) groups is 1. The minimum absolute atomic E-state index is 0.00981. The number of piperidine rings is 1. The monoisotopic (exact) mass is 265 g/mol. The lowest BCUT2D eigenvalue weighted by Crippen LogP contribution is -2.41. The minimum Gasteiger partial charge on any atom is -0.399 e. The summed E-state index contributed by atoms with van der Waals surface area (Å²) < 4.78 is 13.7. The second-order valence-corrected chi connectivity index (χ2v) is 5.04. The summed E-state index contributed by atoms with van der Waals surface area (Å²) in [5, 5.41) is 2.68. The first-order valence-electron chi connectivity index (χ1n) is 6.58. The molecule has 0 spiro atoms. The van der Waals surface area contributed by atoms with Crippen LogP contribution in [0.5, 0.6) is 0 Å². The zero-order valence-electron chi connectivity index (χ0n) is 11.2. The molecule has 1 aliphatic heterocycles. The summed E-state index contributed by atoms with van der Waals surface area (Å²) in [6, 6.07) is 4.77. The predicted octanol–water partition coefficient (Wildman–Crippen LogP) is 1.37. The molecule has 1 atom stereocenters. The molecule has 0 aliphatic carbocycles. The normalized spacial score (nSPS) is 20.2. The van der Waals surface area contributed by atoms with E-state index in [9.17, 15) is 9.18 Å². The first-order chi connectivity index (χ1) is 9.10. The minimum atomic E-state index is -0.276. The Morgan fingerprint density at radius 3 is 3.05 bits per heavy atom. The van der Waals surface area contributed by atoms with E-state index in [1.54, 1.807) is 19.2 Å². The van der Waals surface area contributed by atoms with Crippen molar-refractivity contribution in [1.82, 2.24) is 10.2 Å². The summed E-state index contributed by atoms with van der Waals surface area (Å²) in [5.41, 5.74) is 6.60. The Morgan fingerprint density at radius 1 is 1.58 bits per heavy atom. The van der Waals surface area contributed by atoms with Crippen LogP contribution in [-0.4, -0.2) is 30.9 Å². The molecule has 1 aromatic carbocycles. The van der Waals surface area contributed by atoms with Gasteiger partial charge in [0.05, 0.1) is 5.92 Å². The van der Waals surface area contributed by atoms with E-state index < -0.39 is 0 Å². The second-order valence-electron chi connectivity index (χ2n) is 5.04. The number of nitrogens with one attached hydrogen (secondary N) is 1. The van der Waals surface area contributed by atoms with E-state index in [1.807, 2.05) is 0 Å². The number of rotatable bonds is 3. The molecule has 5 heteroatoms. The van der Waals surface area contributed by atoms with E-state index in [2.05, 4.69) is 10.2 Å². The van der Waals surface area contributed by atoms with Crippen molar-refractivity contribution >= 4 is 11.6 Å². The molecule has 1 fully saturated rings. The average molecular weight is 265 g/mol. The van der Waals surface area contributed by atoms with Gasteiger partial charge in [-0.15, -0.1) is 0 Å². The van der Waals surface area contributed by atoms with Gasteiger partial charge in [-0.25, -0.2) is 4.39 Å². The molecule has 1 aromatic rings. The molecular formula is C14H20FN3O. The van der Waals surface area contributed by atoms with Crippen LogP contribution >= 0.6 is 0 Å². The molecule has 1 saturated heterocycles. The Balaban J connectivity index is 2.00. The van der Waals surface area contributed by atoms with Crippen LogP contribution in [0.2, 0.25) is 0 Å². The lowest BCUT2D eigenvalue weighted by molar-refractivity contribution is -0.126. The molecule has 1 unspecified atom stereocenters. The van der Waals surface area contributed by atoms with Crippen LogP contribution in [0, 0.1) is 11.7 Å². The lowest BCUT2D eigenvalue weighted by atomic mass is 9.96. The molecule has 1 amide bonds. The summed E-state index contributed by atoms with van der Waals surface area (Å²) in [4.78, 5) is 13.8. The maximum absolute atomic E-state index is 13.7. The Bertz CT molecular complexity index is 464. The highest BCUT2D eigenvalue weighted by atomic mass is 19.1. The van der Waals surface area contributed by atoms with Crippen molar-refractivity contribution in [3.63, 3.8) is 0 Å². The van der Waals surface area contributed by atoms with E-state index in [0.29, 0.717) is 24.3 Å². The van der Waals surface area contributed by atoms with Crippen LogP contribution in [0.15, 0.2) is 18.2 Å². The van der Waals surface area contributed by atoms with Crippen molar-refractivity contribution in [3.05, 3.63) is 29.6 Å². The highest BCUT2D eigenvalue weighted by Gasteiger charge is 2.25. The molecule has 0 saturated carbocycles. The highest BCUT2D eigenvalue weighted by molar-refractivity contribution is 5.78. The van der Waals surface area contributed by atoms with Gasteiger partial charge >= 0.3 is 0 Å². The smallest absolute Gasteiger partial charge is 0.224 e. The van der Waals surface area contributed by atoms with E-state index in [4.69, 9.17) is 5.73 Å². The van der Waals surface area contributed by atoms with Gasteiger partial charge in [-0.2, -0.15) is 0 Å². The number of anilines is 1. The van der Waals surface area contributed by atoms with Crippen LogP contribution < -0.4 is 11.1 Å². The standard InChI is InChI=1S/C14H20FN3O/c1-17-14(19)11-3-2-6-18(9-11)8-10-4-5-12(16)7-13(10)15/h4-5,7,11H,2-3,6,8-9,16H2,1H3,(H,17,19). The third-order valence-corrected chi connectivity index (χ3v) is 3.59. The summed E-state index contributed by atoms with van der Waals surface area (Å²) in [7, 11) is 1.65. The van der Waals surface area contributed by atoms with E-state index in [-0.39, 0.29) is 17.6 Å². The first-order valence-corrected chi connectivity index (χ1v) is 6.58. The topological polar surface area (TPSA) is 58.4 Å². The largest absolute Gasteiger partial charge is 0.399 e. The molecule has 2 rings (SSSR count). The van der Waals surface area contributed by atoms with Gasteiger partial charge in [0.1, 0.15) is 5.82 Å². The Morgan fingerprint density at radius 2 is 2.37 bits per heavy atom. The van der Waals surface area contributed by atoms with Crippen LogP contribution in [0.25, 0.3) is 0 Å². The fourth-order valence-corrected chi connectivity index (χ4v) is 2.55. The summed E-state index contributed by atoms with van der Waals surface area (Å²) >= 11 is 0. The third-order valence-electron chi connectivity index (χ3n) is 3.59. The molecule has 3 N–H and O–H groups in total. The maximum Gasteiger partial charge on any atom is 0.224 e. The number of nitrogens with zero attached hydrogens (tertiary/aromatic N) is 1. The number of nitrogen functional groups attached to an aromatic ring is 1. The number of halogens is 1. The molecule has 4 nitrogen and oxygen atoms in total. The van der Waals surface area contributed by atoms with Crippen molar-refractivity contribution in [2.24, 2.45) is 5.92 Å². The van der Waals surface area contributed by atoms with Crippen molar-refractivity contribution < 1.29 is 9.18 Å². The fraction of sp³-hybridized carbons (Fsp3) is 0.500. The van der Waals surface area contributed by atoms with Gasteiger partial charge in [-0.05, 0) is 31.5 Å². The van der Waals surface area contributed by atoms with E-state index in [1.165, 1.54) is 6.07 Å². The van der Waals surface area contributed by atoms with Gasteiger partial charge in [0.25, 0.3) is 0 Å². The molecule has 0 aromatic heterocycles. The van der Waals surface area contributed by atoms with Gasteiger partial charge in [0, 0.05) is 31.4 Å². The van der Waals surface area contributed by atoms with Crippen molar-refractivity contribution in [3.8, 4) is 0 Å². The molecule has 19 heavy (non-hydrogen) atoms. The number of hydrogen-bond donors (Lipinski definition) is 2. The lowest BCUT2D eigenvalue weighted by Gasteiger charge is -2.31. The van der Waals surface area contributed by atoms with Gasteiger partial charge in [0.15, 0.2) is 0 Å². The molecule has 0 radical (unpaired) electrons. The number of hydrogen-bond acceptors (Lipinski definition) is 3. The Hall–Kier alpha value is -1.62. The van der Waals surface area contributed by atoms with Crippen LogP contribution in [-0.2, 0) is 11.3 Å². The quantitative estimate of drug-likeness (QED) is 0.811. The van der Waals surface area contributed by atoms with Crippen molar-refractivity contribution in [2.75, 3.05) is 25.9 Å². The molecule has 104 valence electrons. The molecule has 0 bridgehead atoms. The first kappa shape index (κ1) is 13.8. The third kappa shape index (κ3) is 3.44. The van der Waals surface area contributed by atoms with Crippen molar-refractivity contribution in [2.45, 2.75) is 19.4 Å². The van der Waals surface area contributed by atoms with Gasteiger partial charge in [-0.1, -0.05) is 6.07 Å². The number of amides is 1. The SMILES string of the molecule is CNC(=O)C1CCCN(Cc2ccc(N)cc2F)C1. The summed E-state index contributed by atoms with van der Waals surface area (Å²) in [5.74, 6) is -0.194. The zero-order valence-corrected chi connectivity index (χ0v) is 11.2. The maximum atomic E-state index is 13.7. The number of carbonyl (C=O) groups excluding carboxylic acids is 1. The van der Waals surface area contributed by atoms with Crippen LogP contribution in [0.4, 0.5) is 10.1 Å². The highest BCUT2D eigenvalue weighted by Crippen LogP contribution is 2.20. The number of benzene rings is 1. The zero-order chi connectivity index (χ0) is 13.8. The van der Waals surface area contributed by atoms with Gasteiger partial charge < -0.3 is 11.1 Å². The number of nitrogens with two attached hydrogens (primary N) is 1. The Kier molecular flexibility index (Phi) is 4.37. The summed E-state index contributed by atoms with van der Waals surface area (Å²) in [6.07, 6.45) is 1.87. The average Bonchev–Trinajstić information content (AvgIpc) is 2.41. The van der Waals surface area contributed by atoms with Gasteiger partial charge in [0.2, 0.25) is 5.91 Å². The molecular weight excluding hydrogens is 245 g/mol.